The van der Waals surface area contributed by atoms with Crippen molar-refractivity contribution in [2.24, 2.45) is 0 Å². The zero-order chi connectivity index (χ0) is 21.1. The van der Waals surface area contributed by atoms with Crippen LogP contribution in [0, 0.1) is 6.92 Å². The molecule has 0 fully saturated rings. The summed E-state index contributed by atoms with van der Waals surface area (Å²) in [6, 6.07) is 22.6. The maximum absolute atomic E-state index is 12.9. The molecule has 1 aliphatic rings. The molecule has 1 aliphatic heterocycles. The number of carbonyl (C=O) groups is 2. The minimum Gasteiger partial charge on any atom is -0.485 e. The first-order valence-corrected chi connectivity index (χ1v) is 9.85. The van der Waals surface area contributed by atoms with Crippen molar-refractivity contribution >= 4 is 23.4 Å². The van der Waals surface area contributed by atoms with Gasteiger partial charge >= 0.3 is 5.97 Å². The third kappa shape index (κ3) is 4.33. The van der Waals surface area contributed by atoms with Crippen LogP contribution in [0.25, 0.3) is 11.6 Å². The fourth-order valence-corrected chi connectivity index (χ4v) is 3.55. The van der Waals surface area contributed by atoms with Crippen molar-refractivity contribution in [3.8, 4) is 11.5 Å². The Kier molecular flexibility index (Phi) is 5.48. The van der Waals surface area contributed by atoms with Gasteiger partial charge in [0.25, 0.3) is 0 Å². The van der Waals surface area contributed by atoms with Crippen molar-refractivity contribution in [3.05, 3.63) is 95.1 Å². The number of ketones is 1. The molecule has 1 atom stereocenters. The Labute approximate surface area is 175 Å². The number of carbonyl (C=O) groups excluding carboxylic acids is 2. The van der Waals surface area contributed by atoms with E-state index in [2.05, 4.69) is 6.08 Å². The SMILES string of the molecule is CC(=O)Oc1ccc(C2=Cc3ccc(C)cc3OC2CC(=O)c2ccccc2)cc1. The van der Waals surface area contributed by atoms with Crippen molar-refractivity contribution in [2.45, 2.75) is 26.4 Å². The van der Waals surface area contributed by atoms with Gasteiger partial charge in [-0.15, -0.1) is 0 Å². The molecule has 4 rings (SSSR count). The molecule has 0 aliphatic carbocycles. The van der Waals surface area contributed by atoms with E-state index in [-0.39, 0.29) is 18.2 Å². The lowest BCUT2D eigenvalue weighted by molar-refractivity contribution is -0.131. The number of ether oxygens (including phenoxy) is 2. The second-order valence-corrected chi connectivity index (χ2v) is 7.36. The first-order valence-electron chi connectivity index (χ1n) is 9.85. The van der Waals surface area contributed by atoms with Gasteiger partial charge in [0.2, 0.25) is 0 Å². The Morgan fingerprint density at radius 2 is 1.70 bits per heavy atom. The van der Waals surface area contributed by atoms with Crippen LogP contribution >= 0.6 is 0 Å². The molecule has 0 amide bonds. The molecule has 0 spiro atoms. The van der Waals surface area contributed by atoms with Gasteiger partial charge in [0, 0.05) is 23.6 Å². The van der Waals surface area contributed by atoms with Gasteiger partial charge in [-0.3, -0.25) is 9.59 Å². The molecule has 0 bridgehead atoms. The number of fused-ring (bicyclic) bond motifs is 1. The second kappa shape index (κ2) is 8.37. The largest absolute Gasteiger partial charge is 0.485 e. The van der Waals surface area contributed by atoms with Crippen LogP contribution in [-0.2, 0) is 4.79 Å². The molecule has 4 heteroatoms. The van der Waals surface area contributed by atoms with Gasteiger partial charge in [-0.25, -0.2) is 0 Å². The summed E-state index contributed by atoms with van der Waals surface area (Å²) in [6.45, 7) is 3.39. The van der Waals surface area contributed by atoms with Crippen LogP contribution in [0.5, 0.6) is 11.5 Å². The summed E-state index contributed by atoms with van der Waals surface area (Å²) in [4.78, 5) is 24.1. The smallest absolute Gasteiger partial charge is 0.308 e. The molecule has 3 aromatic rings. The predicted octanol–water partition coefficient (Wildman–Crippen LogP) is 5.49. The molecule has 0 radical (unpaired) electrons. The molecule has 1 heterocycles. The van der Waals surface area contributed by atoms with E-state index < -0.39 is 6.10 Å². The third-order valence-corrected chi connectivity index (χ3v) is 5.01. The van der Waals surface area contributed by atoms with Gasteiger partial charge < -0.3 is 9.47 Å². The molecule has 4 nitrogen and oxygen atoms in total. The van der Waals surface area contributed by atoms with Crippen LogP contribution in [0.1, 0.15) is 40.4 Å². The number of esters is 1. The average Bonchev–Trinajstić information content (AvgIpc) is 2.74. The molecular weight excluding hydrogens is 376 g/mol. The van der Waals surface area contributed by atoms with E-state index in [0.29, 0.717) is 11.3 Å². The quantitative estimate of drug-likeness (QED) is 0.324. The zero-order valence-electron chi connectivity index (χ0n) is 16.9. The zero-order valence-corrected chi connectivity index (χ0v) is 16.9. The van der Waals surface area contributed by atoms with Crippen molar-refractivity contribution in [1.82, 2.24) is 0 Å². The fraction of sp³-hybridized carbons (Fsp3) is 0.154. The maximum atomic E-state index is 12.9. The molecule has 0 saturated carbocycles. The van der Waals surface area contributed by atoms with Gasteiger partial charge in [-0.1, -0.05) is 54.6 Å². The van der Waals surface area contributed by atoms with Gasteiger partial charge in [0.1, 0.15) is 17.6 Å². The van der Waals surface area contributed by atoms with Crippen molar-refractivity contribution in [3.63, 3.8) is 0 Å². The van der Waals surface area contributed by atoms with Crippen LogP contribution in [0.15, 0.2) is 72.8 Å². The van der Waals surface area contributed by atoms with Crippen molar-refractivity contribution in [2.75, 3.05) is 0 Å². The molecule has 0 aromatic heterocycles. The van der Waals surface area contributed by atoms with Crippen LogP contribution in [0.4, 0.5) is 0 Å². The van der Waals surface area contributed by atoms with E-state index in [9.17, 15) is 9.59 Å². The molecule has 3 aromatic carbocycles. The number of aryl methyl sites for hydroxylation is 1. The van der Waals surface area contributed by atoms with Crippen LogP contribution in [0.3, 0.4) is 0 Å². The Morgan fingerprint density at radius 1 is 0.967 bits per heavy atom. The number of hydrogen-bond donors (Lipinski definition) is 0. The van der Waals surface area contributed by atoms with Gasteiger partial charge in [0.05, 0.1) is 6.42 Å². The lowest BCUT2D eigenvalue weighted by Gasteiger charge is -2.28. The van der Waals surface area contributed by atoms with Crippen molar-refractivity contribution < 1.29 is 19.1 Å². The number of Topliss-reactive ketones (excluding diaryl/α,β-unsaturated/α-hetero) is 1. The molecule has 0 N–H and O–H groups in total. The topological polar surface area (TPSA) is 52.6 Å². The fourth-order valence-electron chi connectivity index (χ4n) is 3.55. The summed E-state index contributed by atoms with van der Waals surface area (Å²) in [5.41, 5.74) is 4.58. The van der Waals surface area contributed by atoms with Crippen LogP contribution < -0.4 is 9.47 Å². The maximum Gasteiger partial charge on any atom is 0.308 e. The minimum absolute atomic E-state index is 0.0270. The Balaban J connectivity index is 1.68. The predicted molar refractivity (Wildman–Crippen MR) is 117 cm³/mol. The summed E-state index contributed by atoms with van der Waals surface area (Å²) in [5, 5.41) is 0. The Bertz CT molecular complexity index is 1110. The number of rotatable bonds is 5. The molecular formula is C26H22O4. The lowest BCUT2D eigenvalue weighted by Crippen LogP contribution is -2.25. The monoisotopic (exact) mass is 398 g/mol. The number of hydrogen-bond acceptors (Lipinski definition) is 4. The average molecular weight is 398 g/mol. The highest BCUT2D eigenvalue weighted by Gasteiger charge is 2.27. The highest BCUT2D eigenvalue weighted by molar-refractivity contribution is 5.99. The normalized spacial score (nSPS) is 14.9. The summed E-state index contributed by atoms with van der Waals surface area (Å²) < 4.78 is 11.4. The third-order valence-electron chi connectivity index (χ3n) is 5.01. The Morgan fingerprint density at radius 3 is 2.40 bits per heavy atom. The minimum atomic E-state index is -0.411. The van der Waals surface area contributed by atoms with Crippen LogP contribution in [-0.4, -0.2) is 17.9 Å². The van der Waals surface area contributed by atoms with E-state index in [1.54, 1.807) is 12.1 Å². The summed E-state index contributed by atoms with van der Waals surface area (Å²) in [5.74, 6) is 0.926. The van der Waals surface area contributed by atoms with Gasteiger partial charge in [0.15, 0.2) is 5.78 Å². The summed E-state index contributed by atoms with van der Waals surface area (Å²) in [7, 11) is 0. The van der Waals surface area contributed by atoms with E-state index in [1.807, 2.05) is 67.6 Å². The second-order valence-electron chi connectivity index (χ2n) is 7.36. The standard InChI is InChI=1S/C26H22O4/c1-17-8-9-21-15-23(19-10-12-22(13-11-19)29-18(2)27)26(30-25(21)14-17)16-24(28)20-6-4-3-5-7-20/h3-15,26H,16H2,1-2H3. The van der Waals surface area contributed by atoms with E-state index >= 15 is 0 Å². The highest BCUT2D eigenvalue weighted by atomic mass is 16.5. The van der Waals surface area contributed by atoms with E-state index in [0.717, 1.165) is 28.0 Å². The van der Waals surface area contributed by atoms with Crippen LogP contribution in [0.2, 0.25) is 0 Å². The number of benzene rings is 3. The van der Waals surface area contributed by atoms with Gasteiger partial charge in [-0.05, 0) is 42.3 Å². The van der Waals surface area contributed by atoms with Gasteiger partial charge in [-0.2, -0.15) is 0 Å². The summed E-state index contributed by atoms with van der Waals surface area (Å²) >= 11 is 0. The molecule has 1 unspecified atom stereocenters. The molecule has 150 valence electrons. The van der Waals surface area contributed by atoms with Crippen molar-refractivity contribution in [1.29, 1.82) is 0 Å². The lowest BCUT2D eigenvalue weighted by atomic mass is 9.91. The summed E-state index contributed by atoms with van der Waals surface area (Å²) in [6.07, 6.45) is 1.89. The first kappa shape index (κ1) is 19.6. The van der Waals surface area contributed by atoms with E-state index in [4.69, 9.17) is 9.47 Å². The Hall–Kier alpha value is -3.66. The van der Waals surface area contributed by atoms with E-state index in [1.165, 1.54) is 6.92 Å². The molecule has 30 heavy (non-hydrogen) atoms. The highest BCUT2D eigenvalue weighted by Crippen LogP contribution is 2.37. The molecule has 0 saturated heterocycles. The first-order chi connectivity index (χ1) is 14.5.